The Hall–Kier alpha value is -4.51. The number of nitrogens with one attached hydrogen (secondary N) is 1. The Morgan fingerprint density at radius 3 is 2.44 bits per heavy atom. The van der Waals surface area contributed by atoms with Gasteiger partial charge < -0.3 is 29.0 Å². The van der Waals surface area contributed by atoms with E-state index in [1.54, 1.807) is 12.1 Å². The van der Waals surface area contributed by atoms with E-state index in [9.17, 15) is 18.8 Å². The molecule has 0 bridgehead atoms. The van der Waals surface area contributed by atoms with Gasteiger partial charge in [0.05, 0.1) is 20.3 Å². The quantitative estimate of drug-likeness (QED) is 0.275. The molecule has 4 rings (SSSR count). The summed E-state index contributed by atoms with van der Waals surface area (Å²) >= 11 is 0. The molecule has 1 aliphatic heterocycles. The summed E-state index contributed by atoms with van der Waals surface area (Å²) in [6.45, 7) is 2.72. The van der Waals surface area contributed by atoms with Crippen LogP contribution in [0.3, 0.4) is 0 Å². The molecule has 0 spiro atoms. The predicted molar refractivity (Wildman–Crippen MR) is 153 cm³/mol. The number of nitrogens with zero attached hydrogens (tertiary/aromatic N) is 1. The lowest BCUT2D eigenvalue weighted by Crippen LogP contribution is -2.46. The van der Waals surface area contributed by atoms with Gasteiger partial charge in [-0.1, -0.05) is 42.5 Å². The highest BCUT2D eigenvalue weighted by atomic mass is 19.1. The van der Waals surface area contributed by atoms with Crippen molar-refractivity contribution in [3.05, 3.63) is 89.5 Å². The molecule has 0 saturated carbocycles. The van der Waals surface area contributed by atoms with E-state index in [2.05, 4.69) is 10.3 Å². The van der Waals surface area contributed by atoms with Gasteiger partial charge in [0.1, 0.15) is 11.9 Å². The summed E-state index contributed by atoms with van der Waals surface area (Å²) in [6, 6.07) is 16.5. The highest BCUT2D eigenvalue weighted by Gasteiger charge is 2.35. The second kappa shape index (κ2) is 15.1. The number of carbonyl (C=O) groups is 3. The Bertz CT molecular complexity index is 1390. The summed E-state index contributed by atoms with van der Waals surface area (Å²) in [5.41, 5.74) is 1.83. The van der Waals surface area contributed by atoms with Crippen molar-refractivity contribution in [1.82, 2.24) is 10.3 Å². The third-order valence-corrected chi connectivity index (χ3v) is 7.21. The van der Waals surface area contributed by atoms with Crippen molar-refractivity contribution in [2.24, 2.45) is 11.8 Å². The third kappa shape index (κ3) is 8.74. The number of rotatable bonds is 10. The van der Waals surface area contributed by atoms with Crippen LogP contribution in [0, 0.1) is 17.7 Å². The van der Waals surface area contributed by atoms with E-state index in [0.717, 1.165) is 11.1 Å². The lowest BCUT2D eigenvalue weighted by Gasteiger charge is -2.31. The maximum absolute atomic E-state index is 13.6. The van der Waals surface area contributed by atoms with Crippen molar-refractivity contribution >= 4 is 17.8 Å². The van der Waals surface area contributed by atoms with Gasteiger partial charge in [-0.15, -0.1) is 0 Å². The number of hydrogen-bond donors (Lipinski definition) is 1. The second-order valence-electron chi connectivity index (χ2n) is 10.2. The monoisotopic (exact) mass is 594 g/mol. The minimum absolute atomic E-state index is 0.0500. The van der Waals surface area contributed by atoms with Crippen molar-refractivity contribution in [2.45, 2.75) is 38.8 Å². The zero-order chi connectivity index (χ0) is 30.8. The first-order chi connectivity index (χ1) is 20.7. The molecule has 1 saturated heterocycles. The number of pyridine rings is 1. The van der Waals surface area contributed by atoms with Crippen molar-refractivity contribution in [2.75, 3.05) is 27.1 Å². The van der Waals surface area contributed by atoms with E-state index in [4.69, 9.17) is 23.7 Å². The molecule has 1 N–H and O–H groups in total. The molecule has 1 aromatic heterocycles. The molecular weight excluding hydrogens is 559 g/mol. The fourth-order valence-corrected chi connectivity index (χ4v) is 5.01. The summed E-state index contributed by atoms with van der Waals surface area (Å²) in [5.74, 6) is -2.40. The molecule has 1 fully saturated rings. The number of halogens is 1. The summed E-state index contributed by atoms with van der Waals surface area (Å²) in [5, 5.41) is 2.64. The predicted octanol–water partition coefficient (Wildman–Crippen LogP) is 3.91. The number of ether oxygens (including phenoxy) is 5. The Kier molecular flexibility index (Phi) is 11.0. The summed E-state index contributed by atoms with van der Waals surface area (Å²) < 4.78 is 41.1. The van der Waals surface area contributed by atoms with E-state index in [0.29, 0.717) is 19.4 Å². The third-order valence-electron chi connectivity index (χ3n) is 7.21. The van der Waals surface area contributed by atoms with E-state index in [-0.39, 0.29) is 41.5 Å². The van der Waals surface area contributed by atoms with Gasteiger partial charge in [0.2, 0.25) is 6.79 Å². The average molecular weight is 595 g/mol. The number of benzene rings is 2. The normalized spacial score (nSPS) is 20.5. The summed E-state index contributed by atoms with van der Waals surface area (Å²) in [6.07, 6.45) is 2.00. The Morgan fingerprint density at radius 1 is 1.02 bits per heavy atom. The van der Waals surface area contributed by atoms with Crippen LogP contribution >= 0.6 is 0 Å². The molecule has 3 aromatic rings. The number of cyclic esters (lactones) is 1. The Labute approximate surface area is 249 Å². The van der Waals surface area contributed by atoms with Gasteiger partial charge in [0, 0.05) is 25.1 Å². The minimum atomic E-state index is -1.15. The lowest BCUT2D eigenvalue weighted by molar-refractivity contribution is -0.154. The number of amides is 1. The first-order valence-corrected chi connectivity index (χ1v) is 13.9. The smallest absolute Gasteiger partial charge is 0.331 e. The maximum Gasteiger partial charge on any atom is 0.331 e. The van der Waals surface area contributed by atoms with Crippen LogP contribution in [0.4, 0.5) is 4.39 Å². The molecule has 4 atom stereocenters. The van der Waals surface area contributed by atoms with Gasteiger partial charge in [0.25, 0.3) is 5.91 Å². The first kappa shape index (κ1) is 31.4. The maximum atomic E-state index is 13.6. The van der Waals surface area contributed by atoms with Crippen molar-refractivity contribution in [3.8, 4) is 11.5 Å². The van der Waals surface area contributed by atoms with E-state index >= 15 is 0 Å². The molecule has 1 aliphatic rings. The van der Waals surface area contributed by atoms with E-state index in [1.807, 2.05) is 37.3 Å². The molecular formula is C32H35FN2O8. The van der Waals surface area contributed by atoms with Crippen LogP contribution in [-0.2, 0) is 36.6 Å². The largest absolute Gasteiger partial charge is 0.493 e. The molecule has 0 unspecified atom stereocenters. The van der Waals surface area contributed by atoms with Crippen molar-refractivity contribution in [3.63, 3.8) is 0 Å². The van der Waals surface area contributed by atoms with E-state index in [1.165, 1.54) is 38.4 Å². The van der Waals surface area contributed by atoms with Gasteiger partial charge in [-0.2, -0.15) is 0 Å². The topological polar surface area (TPSA) is 122 Å². The van der Waals surface area contributed by atoms with Crippen LogP contribution in [0.25, 0.3) is 0 Å². The van der Waals surface area contributed by atoms with Crippen molar-refractivity contribution in [1.29, 1.82) is 0 Å². The zero-order valence-corrected chi connectivity index (χ0v) is 24.3. The molecule has 43 heavy (non-hydrogen) atoms. The van der Waals surface area contributed by atoms with Crippen LogP contribution in [0.1, 0.15) is 35.5 Å². The number of esters is 2. The highest BCUT2D eigenvalue weighted by molar-refractivity contribution is 5.98. The fourth-order valence-electron chi connectivity index (χ4n) is 5.01. The van der Waals surface area contributed by atoms with Gasteiger partial charge in [0.15, 0.2) is 23.2 Å². The Balaban J connectivity index is 1.54. The molecule has 1 amide bonds. The number of methoxy groups -OCH3 is 1. The lowest BCUT2D eigenvalue weighted by atomic mass is 9.80. The molecule has 0 radical (unpaired) electrons. The number of carbonyl (C=O) groups excluding carboxylic acids is 3. The zero-order valence-electron chi connectivity index (χ0n) is 24.3. The number of aromatic nitrogens is 1. The SMILES string of the molecule is COc1ccnc(C(=O)N[C@H]2COC[C@H](Cc3ccccc3)[C@@H](Cc3ccc(F)cc3)[C@H](C)OC2=O)c1OCOC(C)=O. The Morgan fingerprint density at radius 2 is 1.74 bits per heavy atom. The van der Waals surface area contributed by atoms with Crippen molar-refractivity contribution < 1.29 is 42.5 Å². The molecule has 2 aromatic carbocycles. The van der Waals surface area contributed by atoms with E-state index < -0.39 is 36.8 Å². The van der Waals surface area contributed by atoms with Crippen LogP contribution < -0.4 is 14.8 Å². The van der Waals surface area contributed by atoms with Gasteiger partial charge >= 0.3 is 11.9 Å². The van der Waals surface area contributed by atoms with Crippen LogP contribution in [-0.4, -0.2) is 62.1 Å². The van der Waals surface area contributed by atoms with Gasteiger partial charge in [-0.3, -0.25) is 9.59 Å². The van der Waals surface area contributed by atoms with Gasteiger partial charge in [-0.05, 0) is 48.9 Å². The highest BCUT2D eigenvalue weighted by Crippen LogP contribution is 2.31. The number of hydrogen-bond acceptors (Lipinski definition) is 9. The molecule has 228 valence electrons. The van der Waals surface area contributed by atoms with Crippen LogP contribution in [0.2, 0.25) is 0 Å². The summed E-state index contributed by atoms with van der Waals surface area (Å²) in [4.78, 5) is 42.0. The average Bonchev–Trinajstić information content (AvgIpc) is 3.04. The second-order valence-corrected chi connectivity index (χ2v) is 10.2. The minimum Gasteiger partial charge on any atom is -0.493 e. The summed E-state index contributed by atoms with van der Waals surface area (Å²) in [7, 11) is 1.38. The first-order valence-electron chi connectivity index (χ1n) is 13.9. The molecule has 0 aliphatic carbocycles. The van der Waals surface area contributed by atoms with Gasteiger partial charge in [-0.25, -0.2) is 14.2 Å². The van der Waals surface area contributed by atoms with Crippen LogP contribution in [0.15, 0.2) is 66.9 Å². The standard InChI is InChI=1S/C32H35FN2O8/c1-20-26(16-23-9-11-25(33)12-10-23)24(15-22-7-5-4-6-8-22)17-40-18-27(32(38)43-20)35-31(37)29-30(42-19-41-21(2)36)28(39-3)13-14-34-29/h4-14,20,24,26-27H,15-19H2,1-3H3,(H,35,37)/t20-,24-,26-,27-/m0/s1. The molecule has 11 heteroatoms. The molecule has 10 nitrogen and oxygen atoms in total. The van der Waals surface area contributed by atoms with Crippen LogP contribution in [0.5, 0.6) is 11.5 Å². The fraction of sp³-hybridized carbons (Fsp3) is 0.375. The molecule has 2 heterocycles.